The molecule has 1 rings (SSSR count). The highest BCUT2D eigenvalue weighted by molar-refractivity contribution is 7.62. The highest BCUT2D eigenvalue weighted by atomic mass is 35.5. The first-order valence-corrected chi connectivity index (χ1v) is 5.94. The molecule has 0 atom stereocenters. The minimum absolute atomic E-state index is 0.398. The minimum Gasteiger partial charge on any atom is -0.309 e. The Labute approximate surface area is 88.5 Å². The quantitative estimate of drug-likeness (QED) is 0.755. The van der Waals surface area contributed by atoms with Crippen LogP contribution in [0.4, 0.5) is 0 Å². The molecular formula is C9H12ClO3P. The second kappa shape index (κ2) is 4.45. The van der Waals surface area contributed by atoms with Gasteiger partial charge in [-0.25, -0.2) is 0 Å². The molecule has 0 fully saturated rings. The third kappa shape index (κ3) is 2.18. The van der Waals surface area contributed by atoms with Crippen LogP contribution < -0.4 is 5.30 Å². The van der Waals surface area contributed by atoms with Gasteiger partial charge in [0.1, 0.15) is 0 Å². The van der Waals surface area contributed by atoms with Crippen molar-refractivity contribution in [3.63, 3.8) is 0 Å². The average Bonchev–Trinajstić information content (AvgIpc) is 2.17. The second-order valence-corrected chi connectivity index (χ2v) is 5.43. The number of hydrogen-bond donors (Lipinski definition) is 0. The van der Waals surface area contributed by atoms with E-state index in [1.165, 1.54) is 14.2 Å². The van der Waals surface area contributed by atoms with Crippen LogP contribution in [0.3, 0.4) is 0 Å². The maximum atomic E-state index is 12.0. The van der Waals surface area contributed by atoms with Crippen molar-refractivity contribution in [1.82, 2.24) is 0 Å². The Morgan fingerprint density at radius 3 is 2.29 bits per heavy atom. The van der Waals surface area contributed by atoms with E-state index in [4.69, 9.17) is 20.6 Å². The Kier molecular flexibility index (Phi) is 3.73. The first kappa shape index (κ1) is 11.7. The summed E-state index contributed by atoms with van der Waals surface area (Å²) in [6.45, 7) is 1.90. The normalized spacial score (nSPS) is 11.7. The van der Waals surface area contributed by atoms with E-state index in [0.717, 1.165) is 5.56 Å². The zero-order valence-corrected chi connectivity index (χ0v) is 9.93. The monoisotopic (exact) mass is 234 g/mol. The van der Waals surface area contributed by atoms with Gasteiger partial charge in [0, 0.05) is 14.2 Å². The molecule has 0 unspecified atom stereocenters. The van der Waals surface area contributed by atoms with Crippen LogP contribution in [0.5, 0.6) is 0 Å². The smallest absolute Gasteiger partial charge is 0.309 e. The fraction of sp³-hybridized carbons (Fsp3) is 0.333. The number of halogens is 1. The first-order valence-electron chi connectivity index (χ1n) is 4.01. The topological polar surface area (TPSA) is 35.5 Å². The number of hydrogen-bond acceptors (Lipinski definition) is 3. The Bertz CT molecular complexity index is 370. The van der Waals surface area contributed by atoms with Crippen LogP contribution in [0.25, 0.3) is 0 Å². The molecule has 1 aromatic rings. The van der Waals surface area contributed by atoms with Gasteiger partial charge in [-0.05, 0) is 24.6 Å². The molecule has 0 radical (unpaired) electrons. The van der Waals surface area contributed by atoms with Crippen molar-refractivity contribution in [2.75, 3.05) is 14.2 Å². The molecule has 5 heteroatoms. The lowest BCUT2D eigenvalue weighted by Crippen LogP contribution is -2.09. The fourth-order valence-corrected chi connectivity index (χ4v) is 2.78. The molecule has 14 heavy (non-hydrogen) atoms. The minimum atomic E-state index is -3.22. The molecule has 0 aliphatic heterocycles. The largest absolute Gasteiger partial charge is 0.362 e. The second-order valence-electron chi connectivity index (χ2n) is 2.82. The summed E-state index contributed by atoms with van der Waals surface area (Å²) >= 11 is 5.94. The van der Waals surface area contributed by atoms with E-state index < -0.39 is 7.60 Å². The predicted octanol–water partition coefficient (Wildman–Crippen LogP) is 2.76. The van der Waals surface area contributed by atoms with Crippen LogP contribution in [0.15, 0.2) is 18.2 Å². The Hall–Kier alpha value is -0.340. The van der Waals surface area contributed by atoms with Crippen molar-refractivity contribution in [3.05, 3.63) is 28.8 Å². The molecule has 0 bridgehead atoms. The van der Waals surface area contributed by atoms with Crippen molar-refractivity contribution in [2.45, 2.75) is 6.92 Å². The molecule has 0 spiro atoms. The molecule has 0 heterocycles. The lowest BCUT2D eigenvalue weighted by atomic mass is 10.2. The van der Waals surface area contributed by atoms with Crippen LogP contribution in [0.2, 0.25) is 5.02 Å². The van der Waals surface area contributed by atoms with Gasteiger partial charge in [-0.2, -0.15) is 0 Å². The van der Waals surface area contributed by atoms with E-state index in [2.05, 4.69) is 0 Å². The van der Waals surface area contributed by atoms with Gasteiger partial charge in [-0.1, -0.05) is 17.7 Å². The zero-order chi connectivity index (χ0) is 10.8. The molecule has 3 nitrogen and oxygen atoms in total. The Morgan fingerprint density at radius 2 is 1.86 bits per heavy atom. The van der Waals surface area contributed by atoms with Crippen molar-refractivity contribution in [2.24, 2.45) is 0 Å². The van der Waals surface area contributed by atoms with E-state index >= 15 is 0 Å². The van der Waals surface area contributed by atoms with Gasteiger partial charge >= 0.3 is 7.60 Å². The maximum absolute atomic E-state index is 12.0. The number of aryl methyl sites for hydroxylation is 1. The van der Waals surface area contributed by atoms with E-state index in [9.17, 15) is 4.57 Å². The van der Waals surface area contributed by atoms with Crippen LogP contribution in [0, 0.1) is 6.92 Å². The van der Waals surface area contributed by atoms with Crippen molar-refractivity contribution < 1.29 is 13.6 Å². The van der Waals surface area contributed by atoms with Gasteiger partial charge in [0.15, 0.2) is 0 Å². The standard InChI is InChI=1S/C9H12ClO3P/c1-7-4-5-9(8(10)6-7)14(11,12-2)13-3/h4-6H,1-3H3. The maximum Gasteiger partial charge on any atom is 0.362 e. The molecule has 0 N–H and O–H groups in total. The van der Waals surface area contributed by atoms with Gasteiger partial charge in [0.05, 0.1) is 10.3 Å². The molecule has 1 aromatic carbocycles. The van der Waals surface area contributed by atoms with Gasteiger partial charge < -0.3 is 9.05 Å². The fourth-order valence-electron chi connectivity index (χ4n) is 1.11. The van der Waals surface area contributed by atoms with Crippen LogP contribution in [0.1, 0.15) is 5.56 Å². The third-order valence-electron chi connectivity index (χ3n) is 1.88. The highest BCUT2D eigenvalue weighted by Crippen LogP contribution is 2.46. The van der Waals surface area contributed by atoms with E-state index in [1.54, 1.807) is 12.1 Å². The van der Waals surface area contributed by atoms with E-state index in [0.29, 0.717) is 10.3 Å². The van der Waals surface area contributed by atoms with Crippen molar-refractivity contribution in [1.29, 1.82) is 0 Å². The van der Waals surface area contributed by atoms with E-state index in [-0.39, 0.29) is 0 Å². The van der Waals surface area contributed by atoms with E-state index in [1.807, 2.05) is 13.0 Å². The molecule has 0 amide bonds. The van der Waals surface area contributed by atoms with Gasteiger partial charge in [-0.15, -0.1) is 0 Å². The summed E-state index contributed by atoms with van der Waals surface area (Å²) in [4.78, 5) is 0. The SMILES string of the molecule is COP(=O)(OC)c1ccc(C)cc1Cl. The Balaban J connectivity index is 3.25. The van der Waals surface area contributed by atoms with Crippen molar-refractivity contribution >= 4 is 24.5 Å². The summed E-state index contributed by atoms with van der Waals surface area (Å²) in [5.74, 6) is 0. The van der Waals surface area contributed by atoms with Crippen LogP contribution in [-0.2, 0) is 13.6 Å². The summed E-state index contributed by atoms with van der Waals surface area (Å²) in [6.07, 6.45) is 0. The molecular weight excluding hydrogens is 223 g/mol. The summed E-state index contributed by atoms with van der Waals surface area (Å²) in [5, 5.41) is 0.798. The molecule has 0 saturated carbocycles. The first-order chi connectivity index (χ1) is 6.53. The number of rotatable bonds is 3. The lowest BCUT2D eigenvalue weighted by molar-refractivity contribution is 0.287. The van der Waals surface area contributed by atoms with Crippen LogP contribution in [-0.4, -0.2) is 14.2 Å². The van der Waals surface area contributed by atoms with Gasteiger partial charge in [0.2, 0.25) is 0 Å². The highest BCUT2D eigenvalue weighted by Gasteiger charge is 2.26. The molecule has 0 saturated heterocycles. The molecule has 0 aromatic heterocycles. The number of benzene rings is 1. The van der Waals surface area contributed by atoms with Crippen LogP contribution >= 0.6 is 19.2 Å². The summed E-state index contributed by atoms with van der Waals surface area (Å²) < 4.78 is 21.6. The third-order valence-corrected chi connectivity index (χ3v) is 4.26. The Morgan fingerprint density at radius 1 is 1.29 bits per heavy atom. The van der Waals surface area contributed by atoms with Gasteiger partial charge in [-0.3, -0.25) is 4.57 Å². The molecule has 78 valence electrons. The summed E-state index contributed by atoms with van der Waals surface area (Å²) in [5.41, 5.74) is 0.998. The van der Waals surface area contributed by atoms with Gasteiger partial charge in [0.25, 0.3) is 0 Å². The molecule has 0 aliphatic rings. The predicted molar refractivity (Wildman–Crippen MR) is 57.4 cm³/mol. The summed E-state index contributed by atoms with van der Waals surface area (Å²) in [7, 11) is -0.555. The van der Waals surface area contributed by atoms with Crippen molar-refractivity contribution in [3.8, 4) is 0 Å². The zero-order valence-electron chi connectivity index (χ0n) is 8.28. The average molecular weight is 235 g/mol. The summed E-state index contributed by atoms with van der Waals surface area (Å²) in [6, 6.07) is 5.19. The molecule has 0 aliphatic carbocycles. The lowest BCUT2D eigenvalue weighted by Gasteiger charge is -2.15.